The Hall–Kier alpha value is -2.20. The average molecular weight is 255 g/mol. The van der Waals surface area contributed by atoms with E-state index in [1.807, 2.05) is 60.7 Å². The number of hydrogen-bond donors (Lipinski definition) is 2. The van der Waals surface area contributed by atoms with Gasteiger partial charge in [-0.1, -0.05) is 48.5 Å². The molecule has 3 nitrogen and oxygen atoms in total. The quantitative estimate of drug-likeness (QED) is 0.503. The molecule has 18 heavy (non-hydrogen) atoms. The number of benzene rings is 2. The van der Waals surface area contributed by atoms with Crippen LogP contribution in [0, 0.1) is 0 Å². The molecule has 2 aromatic rings. The highest BCUT2D eigenvalue weighted by atomic mass is 32.1. The van der Waals surface area contributed by atoms with Crippen LogP contribution in [-0.4, -0.2) is 11.3 Å². The van der Waals surface area contributed by atoms with Gasteiger partial charge in [0, 0.05) is 5.69 Å². The van der Waals surface area contributed by atoms with Crippen LogP contribution >= 0.6 is 12.2 Å². The standard InChI is InChI=1S/C14H13N3S/c18-14(16-13-9-5-2-6-10-13)17-15-11-12-7-3-1-4-8-12/h1-11H,(H2,16,17,18)/b15-11+. The number of hydrogen-bond acceptors (Lipinski definition) is 2. The first-order chi connectivity index (χ1) is 8.84. The lowest BCUT2D eigenvalue weighted by Gasteiger charge is -2.05. The number of thiocarbonyl (C=S) groups is 1. The molecule has 2 aromatic carbocycles. The Morgan fingerprint density at radius 2 is 1.56 bits per heavy atom. The van der Waals surface area contributed by atoms with Crippen molar-refractivity contribution >= 4 is 29.2 Å². The Morgan fingerprint density at radius 3 is 2.22 bits per heavy atom. The zero-order valence-corrected chi connectivity index (χ0v) is 10.5. The zero-order chi connectivity index (χ0) is 12.6. The van der Waals surface area contributed by atoms with Crippen molar-refractivity contribution in [1.82, 2.24) is 5.43 Å². The van der Waals surface area contributed by atoms with Crippen molar-refractivity contribution in [2.45, 2.75) is 0 Å². The van der Waals surface area contributed by atoms with Crippen molar-refractivity contribution in [2.75, 3.05) is 5.32 Å². The summed E-state index contributed by atoms with van der Waals surface area (Å²) in [6, 6.07) is 19.5. The van der Waals surface area contributed by atoms with Crippen LogP contribution in [-0.2, 0) is 0 Å². The second-order valence-electron chi connectivity index (χ2n) is 3.60. The van der Waals surface area contributed by atoms with Crippen molar-refractivity contribution in [3.8, 4) is 0 Å². The molecule has 0 aromatic heterocycles. The van der Waals surface area contributed by atoms with Crippen LogP contribution in [0.15, 0.2) is 65.8 Å². The fraction of sp³-hybridized carbons (Fsp3) is 0. The van der Waals surface area contributed by atoms with Crippen molar-refractivity contribution in [2.24, 2.45) is 5.10 Å². The minimum Gasteiger partial charge on any atom is -0.331 e. The summed E-state index contributed by atoms with van der Waals surface area (Å²) >= 11 is 5.12. The molecule has 0 saturated carbocycles. The van der Waals surface area contributed by atoms with Crippen LogP contribution in [0.5, 0.6) is 0 Å². The van der Waals surface area contributed by atoms with Gasteiger partial charge in [0.2, 0.25) is 0 Å². The van der Waals surface area contributed by atoms with E-state index in [4.69, 9.17) is 12.2 Å². The third-order valence-corrected chi connectivity index (χ3v) is 2.40. The second kappa shape index (κ2) is 6.51. The van der Waals surface area contributed by atoms with Crippen LogP contribution in [0.25, 0.3) is 0 Å². The lowest BCUT2D eigenvalue weighted by molar-refractivity contribution is 1.05. The number of nitrogens with zero attached hydrogens (tertiary/aromatic N) is 1. The summed E-state index contributed by atoms with van der Waals surface area (Å²) in [5, 5.41) is 7.56. The maximum absolute atomic E-state index is 5.12. The van der Waals surface area contributed by atoms with Gasteiger partial charge in [-0.2, -0.15) is 5.10 Å². The Balaban J connectivity index is 1.84. The summed E-state index contributed by atoms with van der Waals surface area (Å²) in [6.45, 7) is 0. The number of nitrogens with one attached hydrogen (secondary N) is 2. The predicted octanol–water partition coefficient (Wildman–Crippen LogP) is 3.01. The van der Waals surface area contributed by atoms with E-state index in [1.54, 1.807) is 6.21 Å². The number of anilines is 1. The summed E-state index contributed by atoms with van der Waals surface area (Å²) in [5.74, 6) is 0. The molecular formula is C14H13N3S. The zero-order valence-electron chi connectivity index (χ0n) is 9.71. The molecule has 0 saturated heterocycles. The van der Waals surface area contributed by atoms with Gasteiger partial charge in [0.25, 0.3) is 0 Å². The first-order valence-electron chi connectivity index (χ1n) is 5.55. The van der Waals surface area contributed by atoms with Gasteiger partial charge in [0.05, 0.1) is 6.21 Å². The van der Waals surface area contributed by atoms with Crippen LogP contribution in [0.1, 0.15) is 5.56 Å². The maximum atomic E-state index is 5.12. The number of para-hydroxylation sites is 1. The highest BCUT2D eigenvalue weighted by Crippen LogP contribution is 2.04. The molecule has 0 aliphatic rings. The van der Waals surface area contributed by atoms with E-state index in [9.17, 15) is 0 Å². The summed E-state index contributed by atoms with van der Waals surface area (Å²) in [4.78, 5) is 0. The Morgan fingerprint density at radius 1 is 0.944 bits per heavy atom. The van der Waals surface area contributed by atoms with Gasteiger partial charge in [0.1, 0.15) is 0 Å². The van der Waals surface area contributed by atoms with Crippen molar-refractivity contribution in [3.63, 3.8) is 0 Å². The number of rotatable bonds is 3. The van der Waals surface area contributed by atoms with Crippen molar-refractivity contribution < 1.29 is 0 Å². The molecular weight excluding hydrogens is 242 g/mol. The van der Waals surface area contributed by atoms with Gasteiger partial charge in [-0.3, -0.25) is 5.43 Å². The molecule has 4 heteroatoms. The molecule has 0 aliphatic heterocycles. The van der Waals surface area contributed by atoms with Crippen LogP contribution in [0.4, 0.5) is 5.69 Å². The Kier molecular flexibility index (Phi) is 4.44. The second-order valence-corrected chi connectivity index (χ2v) is 4.01. The van der Waals surface area contributed by atoms with E-state index in [0.29, 0.717) is 5.11 Å². The lowest BCUT2D eigenvalue weighted by atomic mass is 10.2. The molecule has 2 N–H and O–H groups in total. The summed E-state index contributed by atoms with van der Waals surface area (Å²) in [5.41, 5.74) is 4.73. The van der Waals surface area contributed by atoms with Crippen molar-refractivity contribution in [1.29, 1.82) is 0 Å². The first kappa shape index (κ1) is 12.3. The largest absolute Gasteiger partial charge is 0.331 e. The molecule has 0 aliphatic carbocycles. The minimum atomic E-state index is 0.466. The number of hydrazone groups is 1. The maximum Gasteiger partial charge on any atom is 0.191 e. The first-order valence-corrected chi connectivity index (χ1v) is 5.95. The minimum absolute atomic E-state index is 0.466. The third kappa shape index (κ3) is 3.99. The van der Waals surface area contributed by atoms with Gasteiger partial charge in [-0.15, -0.1) is 0 Å². The molecule has 0 fully saturated rings. The van der Waals surface area contributed by atoms with Crippen LogP contribution in [0.2, 0.25) is 0 Å². The molecule has 0 spiro atoms. The highest BCUT2D eigenvalue weighted by Gasteiger charge is 1.93. The van der Waals surface area contributed by atoms with Gasteiger partial charge < -0.3 is 5.32 Å². The van der Waals surface area contributed by atoms with Crippen LogP contribution < -0.4 is 10.7 Å². The molecule has 0 heterocycles. The molecule has 0 amide bonds. The van der Waals surface area contributed by atoms with Gasteiger partial charge >= 0.3 is 0 Å². The van der Waals surface area contributed by atoms with E-state index in [1.165, 1.54) is 0 Å². The van der Waals surface area contributed by atoms with E-state index in [-0.39, 0.29) is 0 Å². The molecule has 0 bridgehead atoms. The van der Waals surface area contributed by atoms with E-state index < -0.39 is 0 Å². The van der Waals surface area contributed by atoms with Crippen LogP contribution in [0.3, 0.4) is 0 Å². The van der Waals surface area contributed by atoms with Gasteiger partial charge in [-0.25, -0.2) is 0 Å². The fourth-order valence-electron chi connectivity index (χ4n) is 1.39. The van der Waals surface area contributed by atoms with E-state index in [2.05, 4.69) is 15.8 Å². The Labute approximate surface area is 112 Å². The predicted molar refractivity (Wildman–Crippen MR) is 79.8 cm³/mol. The molecule has 0 radical (unpaired) electrons. The molecule has 0 atom stereocenters. The Bertz CT molecular complexity index is 523. The summed E-state index contributed by atoms with van der Waals surface area (Å²) < 4.78 is 0. The third-order valence-electron chi connectivity index (χ3n) is 2.21. The normalized spacial score (nSPS) is 10.2. The lowest BCUT2D eigenvalue weighted by Crippen LogP contribution is -2.23. The fourth-order valence-corrected chi connectivity index (χ4v) is 1.56. The average Bonchev–Trinajstić information content (AvgIpc) is 2.41. The van der Waals surface area contributed by atoms with E-state index >= 15 is 0 Å². The van der Waals surface area contributed by atoms with E-state index in [0.717, 1.165) is 11.3 Å². The smallest absolute Gasteiger partial charge is 0.191 e. The molecule has 2 rings (SSSR count). The van der Waals surface area contributed by atoms with Gasteiger partial charge in [0.15, 0.2) is 5.11 Å². The summed E-state index contributed by atoms with van der Waals surface area (Å²) in [7, 11) is 0. The van der Waals surface area contributed by atoms with Gasteiger partial charge in [-0.05, 0) is 29.9 Å². The monoisotopic (exact) mass is 255 g/mol. The van der Waals surface area contributed by atoms with Crippen molar-refractivity contribution in [3.05, 3.63) is 66.2 Å². The topological polar surface area (TPSA) is 36.4 Å². The molecule has 0 unspecified atom stereocenters. The molecule has 90 valence electrons. The highest BCUT2D eigenvalue weighted by molar-refractivity contribution is 7.80. The SMILES string of the molecule is S=C(N/N=C/c1ccccc1)Nc1ccccc1. The summed E-state index contributed by atoms with van der Waals surface area (Å²) in [6.07, 6.45) is 1.72.